The first kappa shape index (κ1) is 8.75. The molecular weight excluding hydrogens is 232 g/mol. The maximum Gasteiger partial charge on any atom is 0.207 e. The van der Waals surface area contributed by atoms with Crippen molar-refractivity contribution in [1.29, 1.82) is 0 Å². The van der Waals surface area contributed by atoms with E-state index in [1.54, 1.807) is 6.07 Å². The molecule has 1 atom stereocenters. The van der Waals surface area contributed by atoms with E-state index in [-0.39, 0.29) is 11.9 Å². The standard InChI is InChI=1S/C10H9BrO2/c1-2-8-9(12)6-4-3-5-7(11)10(6)13-8/h3-5,8H,2H2,1H3. The minimum atomic E-state index is -0.284. The van der Waals surface area contributed by atoms with Gasteiger partial charge in [0, 0.05) is 0 Å². The summed E-state index contributed by atoms with van der Waals surface area (Å²) in [7, 11) is 0. The summed E-state index contributed by atoms with van der Waals surface area (Å²) >= 11 is 3.35. The van der Waals surface area contributed by atoms with Gasteiger partial charge < -0.3 is 4.74 Å². The number of rotatable bonds is 1. The van der Waals surface area contributed by atoms with E-state index in [9.17, 15) is 4.79 Å². The second-order valence-corrected chi connectivity index (χ2v) is 3.85. The molecule has 0 aromatic heterocycles. The molecule has 0 bridgehead atoms. The van der Waals surface area contributed by atoms with Gasteiger partial charge in [-0.25, -0.2) is 0 Å². The van der Waals surface area contributed by atoms with E-state index >= 15 is 0 Å². The molecule has 2 rings (SSSR count). The van der Waals surface area contributed by atoms with Crippen LogP contribution in [0.2, 0.25) is 0 Å². The van der Waals surface area contributed by atoms with Gasteiger partial charge in [0.1, 0.15) is 5.75 Å². The van der Waals surface area contributed by atoms with Gasteiger partial charge in [0.05, 0.1) is 10.0 Å². The van der Waals surface area contributed by atoms with Crippen molar-refractivity contribution in [2.75, 3.05) is 0 Å². The van der Waals surface area contributed by atoms with Crippen LogP contribution >= 0.6 is 15.9 Å². The predicted molar refractivity (Wildman–Crippen MR) is 53.2 cm³/mol. The number of hydrogen-bond acceptors (Lipinski definition) is 2. The van der Waals surface area contributed by atoms with E-state index in [4.69, 9.17) is 4.74 Å². The van der Waals surface area contributed by atoms with Crippen molar-refractivity contribution in [3.63, 3.8) is 0 Å². The Hall–Kier alpha value is -0.830. The van der Waals surface area contributed by atoms with Crippen LogP contribution in [0.15, 0.2) is 22.7 Å². The van der Waals surface area contributed by atoms with Crippen molar-refractivity contribution >= 4 is 21.7 Å². The van der Waals surface area contributed by atoms with Crippen LogP contribution in [0.25, 0.3) is 0 Å². The van der Waals surface area contributed by atoms with Crippen LogP contribution in [0.5, 0.6) is 5.75 Å². The van der Waals surface area contributed by atoms with Crippen LogP contribution in [-0.4, -0.2) is 11.9 Å². The SMILES string of the molecule is CCC1Oc2c(Br)cccc2C1=O. The number of carbonyl (C=O) groups excluding carboxylic acids is 1. The van der Waals surface area contributed by atoms with Gasteiger partial charge in [-0.3, -0.25) is 4.79 Å². The van der Waals surface area contributed by atoms with Crippen molar-refractivity contribution in [3.05, 3.63) is 28.2 Å². The lowest BCUT2D eigenvalue weighted by molar-refractivity contribution is 0.0852. The molecule has 0 saturated heterocycles. The number of benzene rings is 1. The maximum absolute atomic E-state index is 11.6. The van der Waals surface area contributed by atoms with Gasteiger partial charge in [-0.1, -0.05) is 13.0 Å². The zero-order chi connectivity index (χ0) is 9.42. The van der Waals surface area contributed by atoms with E-state index in [1.165, 1.54) is 0 Å². The van der Waals surface area contributed by atoms with Gasteiger partial charge in [0.25, 0.3) is 0 Å². The Morgan fingerprint density at radius 3 is 2.92 bits per heavy atom. The summed E-state index contributed by atoms with van der Waals surface area (Å²) in [5.41, 5.74) is 0.696. The fourth-order valence-corrected chi connectivity index (χ4v) is 1.92. The minimum Gasteiger partial charge on any atom is -0.480 e. The molecule has 13 heavy (non-hydrogen) atoms. The molecule has 1 aliphatic rings. The summed E-state index contributed by atoms with van der Waals surface area (Å²) in [5, 5.41) is 0. The van der Waals surface area contributed by atoms with E-state index < -0.39 is 0 Å². The van der Waals surface area contributed by atoms with Gasteiger partial charge in [-0.05, 0) is 34.5 Å². The second kappa shape index (κ2) is 3.14. The first-order valence-electron chi connectivity index (χ1n) is 4.23. The molecule has 0 amide bonds. The highest BCUT2D eigenvalue weighted by Gasteiger charge is 2.31. The number of ether oxygens (including phenoxy) is 1. The fraction of sp³-hybridized carbons (Fsp3) is 0.300. The van der Waals surface area contributed by atoms with Crippen LogP contribution < -0.4 is 4.74 Å². The van der Waals surface area contributed by atoms with Gasteiger partial charge in [-0.15, -0.1) is 0 Å². The molecule has 0 spiro atoms. The number of para-hydroxylation sites is 1. The number of halogens is 1. The molecule has 3 heteroatoms. The van der Waals surface area contributed by atoms with Crippen molar-refractivity contribution in [2.45, 2.75) is 19.4 Å². The lowest BCUT2D eigenvalue weighted by atomic mass is 10.1. The quantitative estimate of drug-likeness (QED) is 0.755. The topological polar surface area (TPSA) is 26.3 Å². The van der Waals surface area contributed by atoms with Gasteiger partial charge >= 0.3 is 0 Å². The van der Waals surface area contributed by atoms with Crippen molar-refractivity contribution < 1.29 is 9.53 Å². The lowest BCUT2D eigenvalue weighted by Crippen LogP contribution is -2.18. The molecule has 1 aromatic rings. The Morgan fingerprint density at radius 2 is 2.31 bits per heavy atom. The molecule has 1 unspecified atom stereocenters. The highest BCUT2D eigenvalue weighted by atomic mass is 79.9. The molecule has 0 fully saturated rings. The number of carbonyl (C=O) groups is 1. The minimum absolute atomic E-state index is 0.0961. The molecule has 0 aliphatic carbocycles. The molecule has 1 aliphatic heterocycles. The summed E-state index contributed by atoms with van der Waals surface area (Å²) in [6, 6.07) is 5.53. The van der Waals surface area contributed by atoms with E-state index in [0.717, 1.165) is 10.9 Å². The monoisotopic (exact) mass is 240 g/mol. The molecule has 2 nitrogen and oxygen atoms in total. The molecule has 1 heterocycles. The average molecular weight is 241 g/mol. The Kier molecular flexibility index (Phi) is 2.12. The first-order valence-corrected chi connectivity index (χ1v) is 5.02. The summed E-state index contributed by atoms with van der Waals surface area (Å²) < 4.78 is 6.36. The summed E-state index contributed by atoms with van der Waals surface area (Å²) in [4.78, 5) is 11.6. The molecular formula is C10H9BrO2. The average Bonchev–Trinajstić information content (AvgIpc) is 2.45. The van der Waals surface area contributed by atoms with Gasteiger partial charge in [0.2, 0.25) is 5.78 Å². The van der Waals surface area contributed by atoms with Crippen LogP contribution in [0.4, 0.5) is 0 Å². The number of Topliss-reactive ketones (excluding diaryl/α,β-unsaturated/α-hetero) is 1. The first-order chi connectivity index (χ1) is 6.24. The van der Waals surface area contributed by atoms with Gasteiger partial charge in [-0.2, -0.15) is 0 Å². The van der Waals surface area contributed by atoms with Crippen LogP contribution in [0.1, 0.15) is 23.7 Å². The van der Waals surface area contributed by atoms with Crippen LogP contribution in [0.3, 0.4) is 0 Å². The smallest absolute Gasteiger partial charge is 0.207 e. The Balaban J connectivity index is 2.49. The molecule has 68 valence electrons. The molecule has 0 N–H and O–H groups in total. The van der Waals surface area contributed by atoms with E-state index in [1.807, 2.05) is 19.1 Å². The Labute approximate surface area is 85.0 Å². The van der Waals surface area contributed by atoms with Crippen molar-refractivity contribution in [1.82, 2.24) is 0 Å². The second-order valence-electron chi connectivity index (χ2n) is 3.00. The third kappa shape index (κ3) is 1.27. The zero-order valence-corrected chi connectivity index (χ0v) is 8.80. The third-order valence-corrected chi connectivity index (χ3v) is 2.78. The normalized spacial score (nSPS) is 19.8. The third-order valence-electron chi connectivity index (χ3n) is 2.16. The molecule has 1 aromatic carbocycles. The van der Waals surface area contributed by atoms with Crippen molar-refractivity contribution in [2.24, 2.45) is 0 Å². The summed E-state index contributed by atoms with van der Waals surface area (Å²) in [5.74, 6) is 0.790. The van der Waals surface area contributed by atoms with Crippen LogP contribution in [0, 0.1) is 0 Å². The number of ketones is 1. The predicted octanol–water partition coefficient (Wildman–Crippen LogP) is 2.80. The Bertz CT molecular complexity index is 360. The Morgan fingerprint density at radius 1 is 1.54 bits per heavy atom. The molecule has 0 radical (unpaired) electrons. The molecule has 0 saturated carbocycles. The number of fused-ring (bicyclic) bond motifs is 1. The zero-order valence-electron chi connectivity index (χ0n) is 7.21. The highest BCUT2D eigenvalue weighted by Crippen LogP contribution is 2.36. The maximum atomic E-state index is 11.6. The van der Waals surface area contributed by atoms with Crippen molar-refractivity contribution in [3.8, 4) is 5.75 Å². The van der Waals surface area contributed by atoms with Gasteiger partial charge in [0.15, 0.2) is 6.10 Å². The highest BCUT2D eigenvalue weighted by molar-refractivity contribution is 9.10. The van der Waals surface area contributed by atoms with E-state index in [0.29, 0.717) is 11.3 Å². The largest absolute Gasteiger partial charge is 0.480 e. The number of hydrogen-bond donors (Lipinski definition) is 0. The van der Waals surface area contributed by atoms with E-state index in [2.05, 4.69) is 15.9 Å². The van der Waals surface area contributed by atoms with Crippen LogP contribution in [-0.2, 0) is 0 Å². The fourth-order valence-electron chi connectivity index (χ4n) is 1.46. The summed E-state index contributed by atoms with van der Waals surface area (Å²) in [6.07, 6.45) is 0.439. The summed E-state index contributed by atoms with van der Waals surface area (Å²) in [6.45, 7) is 1.95. The lowest BCUT2D eigenvalue weighted by Gasteiger charge is -2.05.